The average Bonchev–Trinajstić information content (AvgIpc) is 2.44. The van der Waals surface area contributed by atoms with Crippen molar-refractivity contribution in [2.75, 3.05) is 6.54 Å². The summed E-state index contributed by atoms with van der Waals surface area (Å²) >= 11 is 4.89. The lowest BCUT2D eigenvalue weighted by atomic mass is 10.2. The first-order valence-electron chi connectivity index (χ1n) is 5.99. The molecule has 2 aromatic rings. The summed E-state index contributed by atoms with van der Waals surface area (Å²) in [6.07, 6.45) is 0. The minimum absolute atomic E-state index is 0.0875. The standard InChI is InChI=1S/C13H13N3O3S/c1-2-14-13(20)16-15-11(17)9-7-8-5-3-4-6-10(8)19-12(9)18/h3-7H,2H2,1H3,(H,15,17)(H2,14,16,20). The number of hydrazine groups is 1. The van der Waals surface area contributed by atoms with Crippen LogP contribution >= 0.6 is 12.2 Å². The highest BCUT2D eigenvalue weighted by Crippen LogP contribution is 2.12. The third-order valence-electron chi connectivity index (χ3n) is 2.51. The first-order chi connectivity index (χ1) is 9.61. The monoisotopic (exact) mass is 291 g/mol. The molecule has 1 aromatic carbocycles. The van der Waals surface area contributed by atoms with Gasteiger partial charge in [-0.15, -0.1) is 0 Å². The van der Waals surface area contributed by atoms with Gasteiger partial charge in [0.2, 0.25) is 0 Å². The summed E-state index contributed by atoms with van der Waals surface area (Å²) in [5, 5.41) is 3.74. The molecule has 0 aliphatic heterocycles. The lowest BCUT2D eigenvalue weighted by Gasteiger charge is -2.09. The van der Waals surface area contributed by atoms with E-state index in [1.807, 2.05) is 6.92 Å². The van der Waals surface area contributed by atoms with Crippen LogP contribution in [0.15, 0.2) is 39.5 Å². The maximum Gasteiger partial charge on any atom is 0.349 e. The van der Waals surface area contributed by atoms with E-state index in [-0.39, 0.29) is 10.7 Å². The first-order valence-corrected chi connectivity index (χ1v) is 6.39. The number of thiocarbonyl (C=S) groups is 1. The highest BCUT2D eigenvalue weighted by Gasteiger charge is 2.13. The topological polar surface area (TPSA) is 83.4 Å². The SMILES string of the molecule is CCNC(=S)NNC(=O)c1cc2ccccc2oc1=O. The van der Waals surface area contributed by atoms with Crippen LogP contribution in [0.1, 0.15) is 17.3 Å². The Balaban J connectivity index is 2.19. The largest absolute Gasteiger partial charge is 0.422 e. The van der Waals surface area contributed by atoms with Gasteiger partial charge in [0.15, 0.2) is 5.11 Å². The fourth-order valence-electron chi connectivity index (χ4n) is 1.61. The van der Waals surface area contributed by atoms with E-state index in [2.05, 4.69) is 16.2 Å². The van der Waals surface area contributed by atoms with Crippen molar-refractivity contribution in [2.24, 2.45) is 0 Å². The first kappa shape index (κ1) is 14.0. The van der Waals surface area contributed by atoms with Gasteiger partial charge in [0.05, 0.1) is 0 Å². The van der Waals surface area contributed by atoms with Crippen molar-refractivity contribution in [1.29, 1.82) is 0 Å². The molecule has 0 fully saturated rings. The Labute approximate surface area is 120 Å². The molecule has 0 spiro atoms. The van der Waals surface area contributed by atoms with E-state index < -0.39 is 11.5 Å². The highest BCUT2D eigenvalue weighted by molar-refractivity contribution is 7.80. The molecule has 0 aliphatic carbocycles. The van der Waals surface area contributed by atoms with Crippen molar-refractivity contribution in [1.82, 2.24) is 16.2 Å². The molecule has 0 bridgehead atoms. The molecule has 7 heteroatoms. The molecular weight excluding hydrogens is 278 g/mol. The summed E-state index contributed by atoms with van der Waals surface area (Å²) < 4.78 is 5.08. The minimum Gasteiger partial charge on any atom is -0.422 e. The number of amides is 1. The zero-order chi connectivity index (χ0) is 14.5. The molecule has 0 saturated heterocycles. The molecular formula is C13H13N3O3S. The second-order valence-electron chi connectivity index (χ2n) is 3.92. The van der Waals surface area contributed by atoms with E-state index in [1.54, 1.807) is 24.3 Å². The molecule has 0 saturated carbocycles. The molecule has 0 radical (unpaired) electrons. The summed E-state index contributed by atoms with van der Waals surface area (Å²) in [5.41, 5.74) is 4.48. The number of hydrogen-bond donors (Lipinski definition) is 3. The molecule has 1 aromatic heterocycles. The predicted molar refractivity (Wildman–Crippen MR) is 79.4 cm³/mol. The quantitative estimate of drug-likeness (QED) is 0.433. The van der Waals surface area contributed by atoms with Crippen LogP contribution in [0.25, 0.3) is 11.0 Å². The van der Waals surface area contributed by atoms with Gasteiger partial charge in [-0.3, -0.25) is 15.6 Å². The van der Waals surface area contributed by atoms with Crippen LogP contribution in [0.2, 0.25) is 0 Å². The lowest BCUT2D eigenvalue weighted by Crippen LogP contribution is -2.47. The smallest absolute Gasteiger partial charge is 0.349 e. The molecule has 2 rings (SSSR count). The minimum atomic E-state index is -0.697. The Morgan fingerprint density at radius 3 is 2.80 bits per heavy atom. The normalized spacial score (nSPS) is 10.1. The summed E-state index contributed by atoms with van der Waals surface area (Å²) in [5.74, 6) is -0.607. The second-order valence-corrected chi connectivity index (χ2v) is 4.33. The second kappa shape index (κ2) is 6.16. The van der Waals surface area contributed by atoms with Gasteiger partial charge in [-0.25, -0.2) is 4.79 Å². The average molecular weight is 291 g/mol. The number of carbonyl (C=O) groups is 1. The van der Waals surface area contributed by atoms with Crippen LogP contribution in [0, 0.1) is 0 Å². The van der Waals surface area contributed by atoms with Crippen molar-refractivity contribution in [3.8, 4) is 0 Å². The van der Waals surface area contributed by atoms with E-state index in [1.165, 1.54) is 6.07 Å². The van der Waals surface area contributed by atoms with Gasteiger partial charge in [0.25, 0.3) is 5.91 Å². The molecule has 104 valence electrons. The van der Waals surface area contributed by atoms with Gasteiger partial charge in [-0.05, 0) is 31.3 Å². The zero-order valence-corrected chi connectivity index (χ0v) is 11.5. The van der Waals surface area contributed by atoms with Crippen molar-refractivity contribution in [3.63, 3.8) is 0 Å². The number of benzene rings is 1. The van der Waals surface area contributed by atoms with E-state index in [9.17, 15) is 9.59 Å². The lowest BCUT2D eigenvalue weighted by molar-refractivity contribution is 0.0940. The summed E-state index contributed by atoms with van der Waals surface area (Å²) in [7, 11) is 0. The van der Waals surface area contributed by atoms with Crippen molar-refractivity contribution >= 4 is 34.2 Å². The van der Waals surface area contributed by atoms with E-state index >= 15 is 0 Å². The van der Waals surface area contributed by atoms with Gasteiger partial charge >= 0.3 is 5.63 Å². The third kappa shape index (κ3) is 3.12. The fourth-order valence-corrected chi connectivity index (χ4v) is 1.80. The molecule has 1 heterocycles. The predicted octanol–water partition coefficient (Wildman–Crippen LogP) is 0.922. The Morgan fingerprint density at radius 1 is 1.30 bits per heavy atom. The van der Waals surface area contributed by atoms with E-state index in [0.29, 0.717) is 17.5 Å². The van der Waals surface area contributed by atoms with Gasteiger partial charge in [0, 0.05) is 11.9 Å². The Hall–Kier alpha value is -2.41. The van der Waals surface area contributed by atoms with Crippen LogP contribution in [0.3, 0.4) is 0 Å². The van der Waals surface area contributed by atoms with Gasteiger partial charge < -0.3 is 9.73 Å². The number of fused-ring (bicyclic) bond motifs is 1. The van der Waals surface area contributed by atoms with Gasteiger partial charge in [-0.1, -0.05) is 18.2 Å². The molecule has 0 atom stereocenters. The molecule has 0 unspecified atom stereocenters. The summed E-state index contributed by atoms with van der Waals surface area (Å²) in [4.78, 5) is 23.6. The number of nitrogens with one attached hydrogen (secondary N) is 3. The van der Waals surface area contributed by atoms with Crippen LogP contribution in [-0.2, 0) is 0 Å². The Kier molecular flexibility index (Phi) is 4.31. The zero-order valence-electron chi connectivity index (χ0n) is 10.7. The summed E-state index contributed by atoms with van der Waals surface area (Å²) in [6, 6.07) is 8.45. The van der Waals surface area contributed by atoms with Gasteiger partial charge in [0.1, 0.15) is 11.1 Å². The highest BCUT2D eigenvalue weighted by atomic mass is 32.1. The molecule has 3 N–H and O–H groups in total. The Morgan fingerprint density at radius 2 is 2.05 bits per heavy atom. The number of para-hydroxylation sites is 1. The van der Waals surface area contributed by atoms with E-state index in [4.69, 9.17) is 16.6 Å². The third-order valence-corrected chi connectivity index (χ3v) is 2.76. The maximum atomic E-state index is 11.9. The van der Waals surface area contributed by atoms with E-state index in [0.717, 1.165) is 0 Å². The molecule has 20 heavy (non-hydrogen) atoms. The van der Waals surface area contributed by atoms with Crippen molar-refractivity contribution in [3.05, 3.63) is 46.3 Å². The van der Waals surface area contributed by atoms with Crippen molar-refractivity contribution in [2.45, 2.75) is 6.92 Å². The van der Waals surface area contributed by atoms with Crippen molar-refractivity contribution < 1.29 is 9.21 Å². The van der Waals surface area contributed by atoms with Crippen LogP contribution < -0.4 is 21.8 Å². The fraction of sp³-hybridized carbons (Fsp3) is 0.154. The molecule has 0 aliphatic rings. The van der Waals surface area contributed by atoms with Crippen LogP contribution in [0.4, 0.5) is 0 Å². The number of rotatable bonds is 2. The van der Waals surface area contributed by atoms with Crippen LogP contribution in [0.5, 0.6) is 0 Å². The maximum absolute atomic E-state index is 11.9. The number of carbonyl (C=O) groups excluding carboxylic acids is 1. The molecule has 1 amide bonds. The molecule has 6 nitrogen and oxygen atoms in total. The van der Waals surface area contributed by atoms with Gasteiger partial charge in [-0.2, -0.15) is 0 Å². The summed E-state index contributed by atoms with van der Waals surface area (Å²) in [6.45, 7) is 2.49. The Bertz CT molecular complexity index is 711. The number of hydrogen-bond acceptors (Lipinski definition) is 4. The van der Waals surface area contributed by atoms with Crippen LogP contribution in [-0.4, -0.2) is 17.6 Å².